The second kappa shape index (κ2) is 8.10. The van der Waals surface area contributed by atoms with Crippen LogP contribution in [0, 0.1) is 17.8 Å². The van der Waals surface area contributed by atoms with E-state index in [1.54, 1.807) is 17.3 Å². The van der Waals surface area contributed by atoms with Crippen LogP contribution in [0.25, 0.3) is 0 Å². The Hall–Kier alpha value is -2.36. The fraction of sp³-hybridized carbons (Fsp3) is 0.520. The number of aliphatic hydroxyl groups is 1. The van der Waals surface area contributed by atoms with E-state index in [0.29, 0.717) is 31.1 Å². The minimum atomic E-state index is -0.721. The Kier molecular flexibility index (Phi) is 5.27. The number of hydrogen-bond donors (Lipinski definition) is 1. The number of carbonyl (C=O) groups is 2. The molecule has 178 valence electrons. The minimum Gasteiger partial charge on any atom is -0.469 e. The number of para-hydroxylation sites is 1. The van der Waals surface area contributed by atoms with Crippen molar-refractivity contribution in [3.8, 4) is 0 Å². The Morgan fingerprint density at radius 3 is 2.76 bits per heavy atom. The number of nitrogens with zero attached hydrogens (tertiary/aromatic N) is 4. The van der Waals surface area contributed by atoms with Crippen LogP contribution in [-0.2, 0) is 19.7 Å². The SMILES string of the molecule is COC(=O)[C@@H]1[C@H]2C[C@@H]3N(CC[C@@]34C(=O)N(c3ncc(Br)cn3)c3ccccc34)C[C@@H]2CC[C@@H]1O. The van der Waals surface area contributed by atoms with Crippen molar-refractivity contribution in [3.05, 3.63) is 46.7 Å². The third-order valence-electron chi connectivity index (χ3n) is 8.57. The molecule has 2 aromatic rings. The van der Waals surface area contributed by atoms with Gasteiger partial charge >= 0.3 is 5.97 Å². The van der Waals surface area contributed by atoms with E-state index in [9.17, 15) is 14.7 Å². The van der Waals surface area contributed by atoms with E-state index in [0.717, 1.165) is 35.2 Å². The molecule has 0 bridgehead atoms. The van der Waals surface area contributed by atoms with E-state index in [4.69, 9.17) is 4.74 Å². The monoisotopic (exact) mass is 526 g/mol. The Bertz CT molecular complexity index is 1140. The Morgan fingerprint density at radius 1 is 1.24 bits per heavy atom. The van der Waals surface area contributed by atoms with Crippen molar-refractivity contribution in [1.82, 2.24) is 14.9 Å². The van der Waals surface area contributed by atoms with Crippen molar-refractivity contribution < 1.29 is 19.4 Å². The number of halogens is 1. The number of ether oxygens (including phenoxy) is 1. The highest BCUT2D eigenvalue weighted by Gasteiger charge is 2.63. The lowest BCUT2D eigenvalue weighted by molar-refractivity contribution is -0.159. The van der Waals surface area contributed by atoms with Gasteiger partial charge in [-0.15, -0.1) is 0 Å². The summed E-state index contributed by atoms with van der Waals surface area (Å²) < 4.78 is 5.84. The molecule has 9 heteroatoms. The van der Waals surface area contributed by atoms with Gasteiger partial charge in [-0.05, 0) is 71.6 Å². The van der Waals surface area contributed by atoms with Gasteiger partial charge in [-0.3, -0.25) is 14.5 Å². The molecule has 1 spiro atoms. The second-order valence-electron chi connectivity index (χ2n) is 9.94. The van der Waals surface area contributed by atoms with E-state index in [1.807, 2.05) is 18.2 Å². The van der Waals surface area contributed by atoms with Crippen LogP contribution in [-0.4, -0.2) is 64.2 Å². The molecule has 6 atom stereocenters. The van der Waals surface area contributed by atoms with Crippen LogP contribution in [0.2, 0.25) is 0 Å². The van der Waals surface area contributed by atoms with Gasteiger partial charge in [0.25, 0.3) is 0 Å². The maximum atomic E-state index is 14.3. The van der Waals surface area contributed by atoms with Crippen LogP contribution in [0.15, 0.2) is 41.1 Å². The molecule has 3 fully saturated rings. The van der Waals surface area contributed by atoms with E-state index < -0.39 is 17.4 Å². The van der Waals surface area contributed by atoms with Crippen molar-refractivity contribution >= 4 is 39.4 Å². The standard InChI is InChI=1S/C25H27BrN4O4/c1-34-22(32)21-16-10-20-25(8-9-29(20)13-14(16)6-7-19(21)31)17-4-2-3-5-18(17)30(23(25)33)24-27-11-15(26)12-28-24/h2-5,11-12,14,16,19-21,31H,6-10,13H2,1H3/t14-,16-,19-,20-,21+,25-/m0/s1. The zero-order chi connectivity index (χ0) is 23.6. The van der Waals surface area contributed by atoms with Gasteiger partial charge in [-0.2, -0.15) is 0 Å². The van der Waals surface area contributed by atoms with Gasteiger partial charge in [-0.1, -0.05) is 18.2 Å². The van der Waals surface area contributed by atoms with Gasteiger partial charge in [0, 0.05) is 25.0 Å². The average molecular weight is 527 g/mol. The van der Waals surface area contributed by atoms with Crippen molar-refractivity contribution in [3.63, 3.8) is 0 Å². The number of carbonyl (C=O) groups excluding carboxylic acids is 2. The quantitative estimate of drug-likeness (QED) is 0.601. The number of anilines is 2. The fourth-order valence-electron chi connectivity index (χ4n) is 7.13. The predicted molar refractivity (Wildman–Crippen MR) is 127 cm³/mol. The van der Waals surface area contributed by atoms with Crippen molar-refractivity contribution in [2.75, 3.05) is 25.1 Å². The third kappa shape index (κ3) is 3.03. The fourth-order valence-corrected chi connectivity index (χ4v) is 7.33. The molecule has 1 aromatic carbocycles. The minimum absolute atomic E-state index is 0.00653. The molecule has 4 aliphatic rings. The Balaban J connectivity index is 1.42. The Morgan fingerprint density at radius 2 is 2.00 bits per heavy atom. The third-order valence-corrected chi connectivity index (χ3v) is 8.98. The van der Waals surface area contributed by atoms with E-state index in [1.165, 1.54) is 7.11 Å². The van der Waals surface area contributed by atoms with Crippen LogP contribution < -0.4 is 4.90 Å². The highest BCUT2D eigenvalue weighted by molar-refractivity contribution is 9.10. The molecule has 3 aliphatic heterocycles. The summed E-state index contributed by atoms with van der Waals surface area (Å²) in [4.78, 5) is 39.9. The van der Waals surface area contributed by atoms with Crippen LogP contribution in [0.3, 0.4) is 0 Å². The highest BCUT2D eigenvalue weighted by Crippen LogP contribution is 2.57. The molecule has 1 amide bonds. The Labute approximate surface area is 206 Å². The number of esters is 1. The van der Waals surface area contributed by atoms with Gasteiger partial charge in [0.15, 0.2) is 0 Å². The lowest BCUT2D eigenvalue weighted by Crippen LogP contribution is -2.58. The second-order valence-corrected chi connectivity index (χ2v) is 10.9. The molecule has 34 heavy (non-hydrogen) atoms. The average Bonchev–Trinajstić information content (AvgIpc) is 3.34. The molecule has 1 aromatic heterocycles. The molecule has 1 N–H and O–H groups in total. The zero-order valence-electron chi connectivity index (χ0n) is 18.9. The number of amides is 1. The van der Waals surface area contributed by atoms with Gasteiger partial charge in [0.1, 0.15) is 0 Å². The number of methoxy groups -OCH3 is 1. The number of aliphatic hydroxyl groups excluding tert-OH is 1. The van der Waals surface area contributed by atoms with Crippen molar-refractivity contribution in [2.45, 2.75) is 43.2 Å². The van der Waals surface area contributed by atoms with Crippen LogP contribution in [0.1, 0.15) is 31.2 Å². The van der Waals surface area contributed by atoms with Gasteiger partial charge < -0.3 is 9.84 Å². The summed E-state index contributed by atoms with van der Waals surface area (Å²) in [7, 11) is 1.39. The van der Waals surface area contributed by atoms with E-state index >= 15 is 0 Å². The molecule has 0 unspecified atom stereocenters. The van der Waals surface area contributed by atoms with E-state index in [-0.39, 0.29) is 23.8 Å². The lowest BCUT2D eigenvalue weighted by Gasteiger charge is -2.50. The maximum Gasteiger partial charge on any atom is 0.311 e. The van der Waals surface area contributed by atoms with Gasteiger partial charge in [0.05, 0.1) is 34.7 Å². The number of fused-ring (bicyclic) bond motifs is 5. The lowest BCUT2D eigenvalue weighted by atomic mass is 9.62. The van der Waals surface area contributed by atoms with E-state index in [2.05, 4.69) is 36.9 Å². The number of aromatic nitrogens is 2. The number of rotatable bonds is 2. The summed E-state index contributed by atoms with van der Waals surface area (Å²) >= 11 is 3.37. The molecular weight excluding hydrogens is 500 g/mol. The zero-order valence-corrected chi connectivity index (χ0v) is 20.5. The topological polar surface area (TPSA) is 95.9 Å². The normalized spacial score (nSPS) is 34.6. The molecule has 1 saturated carbocycles. The smallest absolute Gasteiger partial charge is 0.311 e. The molecule has 6 rings (SSSR count). The summed E-state index contributed by atoms with van der Waals surface area (Å²) in [5, 5.41) is 10.7. The van der Waals surface area contributed by atoms with Gasteiger partial charge in [0.2, 0.25) is 11.9 Å². The summed E-state index contributed by atoms with van der Waals surface area (Å²) in [5.41, 5.74) is 1.11. The number of hydrogen-bond acceptors (Lipinski definition) is 7. The summed E-state index contributed by atoms with van der Waals surface area (Å²) in [6.45, 7) is 1.66. The first-order valence-electron chi connectivity index (χ1n) is 11.9. The summed E-state index contributed by atoms with van der Waals surface area (Å²) in [6.07, 6.45) is 5.50. The van der Waals surface area contributed by atoms with Crippen LogP contribution in [0.5, 0.6) is 0 Å². The van der Waals surface area contributed by atoms with Crippen LogP contribution >= 0.6 is 15.9 Å². The molecule has 4 heterocycles. The molecule has 2 saturated heterocycles. The first kappa shape index (κ1) is 22.1. The first-order chi connectivity index (χ1) is 16.5. The summed E-state index contributed by atoms with van der Waals surface area (Å²) in [6, 6.07) is 7.87. The molecular formula is C25H27BrN4O4. The van der Waals surface area contributed by atoms with Crippen LogP contribution in [0.4, 0.5) is 11.6 Å². The van der Waals surface area contributed by atoms with Crippen molar-refractivity contribution in [1.29, 1.82) is 0 Å². The largest absolute Gasteiger partial charge is 0.469 e. The summed E-state index contributed by atoms with van der Waals surface area (Å²) in [5.74, 6) is -0.216. The number of benzene rings is 1. The number of piperidine rings is 1. The maximum absolute atomic E-state index is 14.3. The molecule has 0 radical (unpaired) electrons. The van der Waals surface area contributed by atoms with Gasteiger partial charge in [-0.25, -0.2) is 14.9 Å². The molecule has 8 nitrogen and oxygen atoms in total. The highest BCUT2D eigenvalue weighted by atomic mass is 79.9. The predicted octanol–water partition coefficient (Wildman–Crippen LogP) is 2.81. The van der Waals surface area contributed by atoms with Crippen molar-refractivity contribution in [2.24, 2.45) is 17.8 Å². The first-order valence-corrected chi connectivity index (χ1v) is 12.7. The molecule has 1 aliphatic carbocycles.